The lowest BCUT2D eigenvalue weighted by Gasteiger charge is -2.33. The number of piperidine rings is 1. The first-order chi connectivity index (χ1) is 9.19. The SMILES string of the molecule is CC1CCCCN1Cc1cccc(N=C(N)CCl)c1. The fourth-order valence-electron chi connectivity index (χ4n) is 2.55. The molecule has 1 aromatic carbocycles. The molecule has 1 aliphatic rings. The van der Waals surface area contributed by atoms with Gasteiger partial charge in [-0.1, -0.05) is 18.6 Å². The van der Waals surface area contributed by atoms with Gasteiger partial charge in [0.2, 0.25) is 0 Å². The molecule has 0 bridgehead atoms. The lowest BCUT2D eigenvalue weighted by atomic mass is 10.0. The summed E-state index contributed by atoms with van der Waals surface area (Å²) in [4.78, 5) is 6.83. The Bertz CT molecular complexity index is 445. The zero-order valence-electron chi connectivity index (χ0n) is 11.5. The van der Waals surface area contributed by atoms with Crippen LogP contribution in [0.25, 0.3) is 0 Å². The van der Waals surface area contributed by atoms with Gasteiger partial charge < -0.3 is 5.73 Å². The summed E-state index contributed by atoms with van der Waals surface area (Å²) in [7, 11) is 0. The number of aliphatic imine (C=N–C) groups is 1. The van der Waals surface area contributed by atoms with Gasteiger partial charge in [-0.2, -0.15) is 0 Å². The van der Waals surface area contributed by atoms with E-state index < -0.39 is 0 Å². The number of alkyl halides is 1. The largest absolute Gasteiger partial charge is 0.386 e. The van der Waals surface area contributed by atoms with Crippen LogP contribution < -0.4 is 5.73 Å². The van der Waals surface area contributed by atoms with E-state index in [1.54, 1.807) is 0 Å². The summed E-state index contributed by atoms with van der Waals surface area (Å²) in [6.45, 7) is 4.50. The van der Waals surface area contributed by atoms with Crippen molar-refractivity contribution < 1.29 is 0 Å². The van der Waals surface area contributed by atoms with Crippen LogP contribution in [0.4, 0.5) is 5.69 Å². The molecule has 104 valence electrons. The van der Waals surface area contributed by atoms with Gasteiger partial charge in [-0.05, 0) is 44.0 Å². The van der Waals surface area contributed by atoms with Gasteiger partial charge in [0, 0.05) is 12.6 Å². The molecule has 1 unspecified atom stereocenters. The summed E-state index contributed by atoms with van der Waals surface area (Å²) in [6, 6.07) is 8.92. The second-order valence-corrected chi connectivity index (χ2v) is 5.49. The maximum atomic E-state index is 5.67. The first-order valence-corrected chi connectivity index (χ1v) is 7.44. The molecule has 1 atom stereocenters. The number of benzene rings is 1. The Labute approximate surface area is 120 Å². The summed E-state index contributed by atoms with van der Waals surface area (Å²) in [6.07, 6.45) is 3.96. The third-order valence-corrected chi connectivity index (χ3v) is 3.92. The van der Waals surface area contributed by atoms with Crippen LogP contribution in [0, 0.1) is 0 Å². The van der Waals surface area contributed by atoms with Gasteiger partial charge in [0.1, 0.15) is 5.84 Å². The molecule has 2 N–H and O–H groups in total. The molecule has 0 saturated carbocycles. The Morgan fingerprint density at radius 2 is 2.32 bits per heavy atom. The molecule has 2 rings (SSSR count). The minimum absolute atomic E-state index is 0.271. The third-order valence-electron chi connectivity index (χ3n) is 3.65. The fourth-order valence-corrected chi connectivity index (χ4v) is 2.61. The number of nitrogens with zero attached hydrogens (tertiary/aromatic N) is 2. The number of rotatable bonds is 4. The summed E-state index contributed by atoms with van der Waals surface area (Å²) in [5.41, 5.74) is 7.85. The van der Waals surface area contributed by atoms with Gasteiger partial charge >= 0.3 is 0 Å². The molecule has 1 aromatic rings. The molecule has 1 fully saturated rings. The average molecular weight is 280 g/mol. The van der Waals surface area contributed by atoms with E-state index in [2.05, 4.69) is 28.9 Å². The molecule has 19 heavy (non-hydrogen) atoms. The van der Waals surface area contributed by atoms with Crippen LogP contribution in [0.2, 0.25) is 0 Å². The highest BCUT2D eigenvalue weighted by molar-refractivity contribution is 6.28. The van der Waals surface area contributed by atoms with E-state index >= 15 is 0 Å². The molecule has 1 saturated heterocycles. The summed E-state index contributed by atoms with van der Waals surface area (Å²) in [5, 5.41) is 0. The van der Waals surface area contributed by atoms with Crippen molar-refractivity contribution in [2.45, 2.75) is 38.8 Å². The van der Waals surface area contributed by atoms with Crippen LogP contribution in [0.5, 0.6) is 0 Å². The highest BCUT2D eigenvalue weighted by atomic mass is 35.5. The Morgan fingerprint density at radius 3 is 3.05 bits per heavy atom. The maximum absolute atomic E-state index is 5.67. The zero-order valence-corrected chi connectivity index (χ0v) is 12.2. The number of nitrogens with two attached hydrogens (primary N) is 1. The van der Waals surface area contributed by atoms with Crippen molar-refractivity contribution >= 4 is 23.1 Å². The van der Waals surface area contributed by atoms with Crippen molar-refractivity contribution in [3.63, 3.8) is 0 Å². The standard InChI is InChI=1S/C15H22ClN3/c1-12-5-2-3-8-19(12)11-13-6-4-7-14(9-13)18-15(17)10-16/h4,6-7,9,12H,2-3,5,8,10-11H2,1H3,(H2,17,18). The van der Waals surface area contributed by atoms with Crippen LogP contribution in [0.3, 0.4) is 0 Å². The first kappa shape index (κ1) is 14.4. The summed E-state index contributed by atoms with van der Waals surface area (Å²) >= 11 is 5.65. The van der Waals surface area contributed by atoms with Crippen LogP contribution in [0.15, 0.2) is 29.3 Å². The van der Waals surface area contributed by atoms with Crippen LogP contribution in [-0.4, -0.2) is 29.2 Å². The highest BCUT2D eigenvalue weighted by Gasteiger charge is 2.17. The number of likely N-dealkylation sites (tertiary alicyclic amines) is 1. The monoisotopic (exact) mass is 279 g/mol. The van der Waals surface area contributed by atoms with Crippen LogP contribution >= 0.6 is 11.6 Å². The fraction of sp³-hybridized carbons (Fsp3) is 0.533. The maximum Gasteiger partial charge on any atom is 0.115 e. The van der Waals surface area contributed by atoms with E-state index in [0.29, 0.717) is 11.9 Å². The van der Waals surface area contributed by atoms with Crippen LogP contribution in [-0.2, 0) is 6.54 Å². The lowest BCUT2D eigenvalue weighted by Crippen LogP contribution is -2.36. The smallest absolute Gasteiger partial charge is 0.115 e. The summed E-state index contributed by atoms with van der Waals surface area (Å²) in [5.74, 6) is 0.734. The molecular formula is C15H22ClN3. The summed E-state index contributed by atoms with van der Waals surface area (Å²) < 4.78 is 0. The number of hydrogen-bond donors (Lipinski definition) is 1. The topological polar surface area (TPSA) is 41.6 Å². The predicted molar refractivity (Wildman–Crippen MR) is 82.2 cm³/mol. The van der Waals surface area contributed by atoms with E-state index in [9.17, 15) is 0 Å². The van der Waals surface area contributed by atoms with Gasteiger partial charge in [0.25, 0.3) is 0 Å². The zero-order chi connectivity index (χ0) is 13.7. The Kier molecular flexibility index (Phi) is 5.23. The first-order valence-electron chi connectivity index (χ1n) is 6.91. The molecule has 0 spiro atoms. The molecule has 0 aliphatic carbocycles. The van der Waals surface area contributed by atoms with Gasteiger partial charge in [-0.3, -0.25) is 4.90 Å². The predicted octanol–water partition coefficient (Wildman–Crippen LogP) is 3.29. The molecule has 0 radical (unpaired) electrons. The number of amidine groups is 1. The van der Waals surface area contributed by atoms with Crippen molar-refractivity contribution in [2.75, 3.05) is 12.4 Å². The minimum atomic E-state index is 0.271. The van der Waals surface area contributed by atoms with Gasteiger partial charge in [-0.15, -0.1) is 11.6 Å². The average Bonchev–Trinajstić information content (AvgIpc) is 2.42. The number of halogens is 1. The van der Waals surface area contributed by atoms with Crippen molar-refractivity contribution in [1.29, 1.82) is 0 Å². The van der Waals surface area contributed by atoms with Crippen LogP contribution in [0.1, 0.15) is 31.7 Å². The normalized spacial score (nSPS) is 21.6. The molecule has 0 aromatic heterocycles. The quantitative estimate of drug-likeness (QED) is 0.522. The molecule has 1 aliphatic heterocycles. The van der Waals surface area contributed by atoms with Crippen molar-refractivity contribution in [1.82, 2.24) is 4.90 Å². The molecular weight excluding hydrogens is 258 g/mol. The third kappa shape index (κ3) is 4.22. The molecule has 4 heteroatoms. The van der Waals surface area contributed by atoms with Gasteiger partial charge in [-0.25, -0.2) is 4.99 Å². The Balaban J connectivity index is 2.06. The number of hydrogen-bond acceptors (Lipinski definition) is 2. The van der Waals surface area contributed by atoms with Gasteiger partial charge in [0.05, 0.1) is 11.6 Å². The lowest BCUT2D eigenvalue weighted by molar-refractivity contribution is 0.152. The van der Waals surface area contributed by atoms with Crippen molar-refractivity contribution in [3.05, 3.63) is 29.8 Å². The molecule has 1 heterocycles. The van der Waals surface area contributed by atoms with E-state index in [4.69, 9.17) is 17.3 Å². The Morgan fingerprint density at radius 1 is 1.47 bits per heavy atom. The van der Waals surface area contributed by atoms with E-state index in [-0.39, 0.29) is 5.88 Å². The van der Waals surface area contributed by atoms with E-state index in [1.807, 2.05) is 12.1 Å². The second-order valence-electron chi connectivity index (χ2n) is 5.22. The highest BCUT2D eigenvalue weighted by Crippen LogP contribution is 2.21. The molecule has 3 nitrogen and oxygen atoms in total. The van der Waals surface area contributed by atoms with E-state index in [1.165, 1.54) is 31.4 Å². The van der Waals surface area contributed by atoms with Gasteiger partial charge in [0.15, 0.2) is 0 Å². The second kappa shape index (κ2) is 6.92. The minimum Gasteiger partial charge on any atom is -0.386 e. The van der Waals surface area contributed by atoms with Crippen molar-refractivity contribution in [2.24, 2.45) is 10.7 Å². The Hall–Kier alpha value is -1.06. The van der Waals surface area contributed by atoms with Crippen molar-refractivity contribution in [3.8, 4) is 0 Å². The van der Waals surface area contributed by atoms with E-state index in [0.717, 1.165) is 12.2 Å². The molecule has 0 amide bonds.